The lowest BCUT2D eigenvalue weighted by Gasteiger charge is -1.71. The maximum absolute atomic E-state index is 9.44. The zero-order valence-electron chi connectivity index (χ0n) is 2.77. The van der Waals surface area contributed by atoms with Crippen molar-refractivity contribution in [1.29, 1.82) is 0 Å². The van der Waals surface area contributed by atoms with Crippen LogP contribution >= 0.6 is 11.6 Å². The maximum Gasteiger partial charge on any atom is 0.309 e. The van der Waals surface area contributed by atoms with Gasteiger partial charge in [-0.15, -0.1) is 0 Å². The molecule has 0 aliphatic heterocycles. The van der Waals surface area contributed by atoms with Crippen LogP contribution in [0.25, 0.3) is 0 Å². The zero-order chi connectivity index (χ0) is 5.15. The molecule has 0 fully saturated rings. The number of nitrogens with two attached hydrogens (primary N) is 1. The van der Waals surface area contributed by atoms with E-state index in [1.165, 1.54) is 0 Å². The molecule has 0 aliphatic rings. The molecule has 2 N–H and O–H groups in total. The Hall–Kier alpha value is -0.570. The molecule has 0 aliphatic carbocycles. The standard InChI is InChI=1S/C2H2ClNO2/c3-1(5)2(4)6/h(H2,4,6). The van der Waals surface area contributed by atoms with E-state index in [-0.39, 0.29) is 0 Å². The van der Waals surface area contributed by atoms with Crippen LogP contribution in [0.4, 0.5) is 0 Å². The van der Waals surface area contributed by atoms with E-state index in [1.54, 1.807) is 0 Å². The minimum Gasteiger partial charge on any atom is -0.362 e. The van der Waals surface area contributed by atoms with Crippen molar-refractivity contribution in [2.45, 2.75) is 0 Å². The van der Waals surface area contributed by atoms with Crippen molar-refractivity contribution in [1.82, 2.24) is 0 Å². The minimum atomic E-state index is -1.13. The number of hydrogen-bond donors (Lipinski definition) is 1. The largest absolute Gasteiger partial charge is 0.362 e. The molecule has 34 valence electrons. The molecule has 0 rings (SSSR count). The molecule has 1 amide bonds. The summed E-state index contributed by atoms with van der Waals surface area (Å²) in [6.45, 7) is 0. The summed E-state index contributed by atoms with van der Waals surface area (Å²) in [5, 5.41) is -1.13. The monoisotopic (exact) mass is 107 g/mol. The summed E-state index contributed by atoms with van der Waals surface area (Å²) in [6.07, 6.45) is 0. The summed E-state index contributed by atoms with van der Waals surface area (Å²) in [4.78, 5) is 18.9. The van der Waals surface area contributed by atoms with Crippen molar-refractivity contribution in [2.75, 3.05) is 0 Å². The first-order chi connectivity index (χ1) is 2.64. The van der Waals surface area contributed by atoms with Gasteiger partial charge in [0.05, 0.1) is 0 Å². The lowest BCUT2D eigenvalue weighted by Crippen LogP contribution is -2.17. The first-order valence-corrected chi connectivity index (χ1v) is 1.51. The number of carbonyl (C=O) groups excluding carboxylic acids is 2. The first kappa shape index (κ1) is 5.43. The number of hydrogen-bond acceptors (Lipinski definition) is 2. The molecular weight excluding hydrogens is 105 g/mol. The van der Waals surface area contributed by atoms with Crippen molar-refractivity contribution in [3.05, 3.63) is 0 Å². The van der Waals surface area contributed by atoms with Crippen LogP contribution in [-0.2, 0) is 9.59 Å². The van der Waals surface area contributed by atoms with Gasteiger partial charge >= 0.3 is 11.1 Å². The van der Waals surface area contributed by atoms with Crippen molar-refractivity contribution in [2.24, 2.45) is 5.73 Å². The summed E-state index contributed by atoms with van der Waals surface area (Å²) in [7, 11) is 0. The van der Waals surface area contributed by atoms with Crippen LogP contribution in [0.1, 0.15) is 0 Å². The molecule has 0 unspecified atom stereocenters. The number of carbonyl (C=O) groups is 2. The third kappa shape index (κ3) is 1.72. The molecule has 6 heavy (non-hydrogen) atoms. The van der Waals surface area contributed by atoms with Gasteiger partial charge in [0.1, 0.15) is 0 Å². The number of amides is 1. The highest BCUT2D eigenvalue weighted by Gasteiger charge is 1.99. The molecule has 0 spiro atoms. The molecule has 0 saturated carbocycles. The molecule has 3 nitrogen and oxygen atoms in total. The van der Waals surface area contributed by atoms with Crippen LogP contribution in [0.5, 0.6) is 0 Å². The Bertz CT molecular complexity index is 77.5. The topological polar surface area (TPSA) is 60.2 Å². The van der Waals surface area contributed by atoms with Gasteiger partial charge in [0, 0.05) is 0 Å². The van der Waals surface area contributed by atoms with Crippen molar-refractivity contribution in [3.8, 4) is 0 Å². The summed E-state index contributed by atoms with van der Waals surface area (Å²) in [6, 6.07) is 0. The molecule has 0 radical (unpaired) electrons. The molecule has 0 atom stereocenters. The smallest absolute Gasteiger partial charge is 0.309 e. The Morgan fingerprint density at radius 1 is 1.50 bits per heavy atom. The Labute approximate surface area is 39.1 Å². The van der Waals surface area contributed by atoms with Crippen LogP contribution in [0, 0.1) is 0 Å². The molecule has 0 aromatic rings. The van der Waals surface area contributed by atoms with E-state index in [9.17, 15) is 9.59 Å². The zero-order valence-corrected chi connectivity index (χ0v) is 3.53. The average molecular weight is 107 g/mol. The fourth-order valence-electron chi connectivity index (χ4n) is 0. The Morgan fingerprint density at radius 2 is 1.67 bits per heavy atom. The van der Waals surface area contributed by atoms with Gasteiger partial charge in [-0.1, -0.05) is 0 Å². The average Bonchev–Trinajstić information content (AvgIpc) is 1.36. The molecule has 0 saturated heterocycles. The first-order valence-electron chi connectivity index (χ1n) is 1.14. The Morgan fingerprint density at radius 3 is 1.67 bits per heavy atom. The van der Waals surface area contributed by atoms with E-state index in [2.05, 4.69) is 17.3 Å². The second kappa shape index (κ2) is 1.77. The third-order valence-corrected chi connectivity index (χ3v) is 0.380. The van der Waals surface area contributed by atoms with E-state index < -0.39 is 11.1 Å². The van der Waals surface area contributed by atoms with Crippen LogP contribution in [-0.4, -0.2) is 11.1 Å². The minimum absolute atomic E-state index is 1.11. The molecule has 4 heteroatoms. The van der Waals surface area contributed by atoms with Crippen LogP contribution < -0.4 is 5.73 Å². The molecule has 0 bridgehead atoms. The normalized spacial score (nSPS) is 7.50. The molecule has 0 aromatic carbocycles. The van der Waals surface area contributed by atoms with Crippen LogP contribution in [0.3, 0.4) is 0 Å². The molecule has 0 aromatic heterocycles. The van der Waals surface area contributed by atoms with Gasteiger partial charge < -0.3 is 5.73 Å². The summed E-state index contributed by atoms with van der Waals surface area (Å²) in [5.41, 5.74) is 4.31. The second-order valence-electron chi connectivity index (χ2n) is 0.638. The number of halogens is 1. The van der Waals surface area contributed by atoms with Crippen LogP contribution in [0.15, 0.2) is 0 Å². The quantitative estimate of drug-likeness (QED) is 0.354. The van der Waals surface area contributed by atoms with Gasteiger partial charge in [-0.3, -0.25) is 9.59 Å². The van der Waals surface area contributed by atoms with Crippen molar-refractivity contribution in [3.63, 3.8) is 0 Å². The van der Waals surface area contributed by atoms with Gasteiger partial charge in [-0.25, -0.2) is 0 Å². The lowest BCUT2D eigenvalue weighted by molar-refractivity contribution is -0.131. The van der Waals surface area contributed by atoms with Gasteiger partial charge in [0.15, 0.2) is 0 Å². The van der Waals surface area contributed by atoms with E-state index in [0.717, 1.165) is 0 Å². The van der Waals surface area contributed by atoms with E-state index in [0.29, 0.717) is 0 Å². The Kier molecular flexibility index (Phi) is 1.60. The fourth-order valence-corrected chi connectivity index (χ4v) is 0. The predicted octanol–water partition coefficient (Wildman–Crippen LogP) is -0.763. The summed E-state index contributed by atoms with van der Waals surface area (Å²) in [5.74, 6) is -1.11. The van der Waals surface area contributed by atoms with Gasteiger partial charge in [-0.05, 0) is 11.6 Å². The molecule has 0 heterocycles. The van der Waals surface area contributed by atoms with Crippen molar-refractivity contribution < 1.29 is 9.59 Å². The maximum atomic E-state index is 9.44. The van der Waals surface area contributed by atoms with E-state index in [1.807, 2.05) is 0 Å². The van der Waals surface area contributed by atoms with Gasteiger partial charge in [0.25, 0.3) is 0 Å². The van der Waals surface area contributed by atoms with Gasteiger partial charge in [0.2, 0.25) is 0 Å². The fraction of sp³-hybridized carbons (Fsp3) is 0. The highest BCUT2D eigenvalue weighted by Crippen LogP contribution is 1.71. The van der Waals surface area contributed by atoms with E-state index in [4.69, 9.17) is 0 Å². The van der Waals surface area contributed by atoms with Crippen LogP contribution in [0.2, 0.25) is 0 Å². The highest BCUT2D eigenvalue weighted by atomic mass is 35.5. The summed E-state index contributed by atoms with van der Waals surface area (Å²) >= 11 is 4.50. The SMILES string of the molecule is NC(=O)C(=O)Cl. The number of rotatable bonds is 1. The second-order valence-corrected chi connectivity index (χ2v) is 0.981. The number of primary amides is 1. The third-order valence-electron chi connectivity index (χ3n) is 0.194. The predicted molar refractivity (Wildman–Crippen MR) is 20.1 cm³/mol. The van der Waals surface area contributed by atoms with Gasteiger partial charge in [-0.2, -0.15) is 0 Å². The highest BCUT2D eigenvalue weighted by molar-refractivity contribution is 6.80. The summed E-state index contributed by atoms with van der Waals surface area (Å²) < 4.78 is 0. The van der Waals surface area contributed by atoms with Crippen molar-refractivity contribution >= 4 is 22.8 Å². The van der Waals surface area contributed by atoms with E-state index >= 15 is 0 Å². The lowest BCUT2D eigenvalue weighted by atomic mass is 10.7. The Balaban J connectivity index is 3.57. The molecular formula is C2H2ClNO2.